The van der Waals surface area contributed by atoms with Crippen LogP contribution in [0.3, 0.4) is 0 Å². The van der Waals surface area contributed by atoms with Gasteiger partial charge in [0.2, 0.25) is 0 Å². The molecule has 0 aliphatic carbocycles. The molecule has 2 aromatic carbocycles. The molecular weight excluding hydrogens is 446 g/mol. The Morgan fingerprint density at radius 2 is 1.77 bits per heavy atom. The lowest BCUT2D eigenvalue weighted by Gasteiger charge is -2.25. The molecule has 1 amide bonds. The summed E-state index contributed by atoms with van der Waals surface area (Å²) in [5, 5.41) is 11.2. The van der Waals surface area contributed by atoms with Crippen LogP contribution < -0.4 is 14.4 Å². The number of nitrogens with zero attached hydrogens (tertiary/aromatic N) is 1. The molecule has 1 aliphatic heterocycles. The number of methoxy groups -OCH3 is 1. The molecule has 1 unspecified atom stereocenters. The number of aliphatic hydroxyl groups is 1. The molecule has 7 heteroatoms. The van der Waals surface area contributed by atoms with Gasteiger partial charge in [-0.2, -0.15) is 0 Å². The molecule has 1 N–H and O–H groups in total. The lowest BCUT2D eigenvalue weighted by atomic mass is 9.99. The Morgan fingerprint density at radius 3 is 2.43 bits per heavy atom. The number of amides is 1. The fraction of sp³-hybridized carbons (Fsp3) is 0.286. The summed E-state index contributed by atoms with van der Waals surface area (Å²) in [6.45, 7) is 4.52. The molecule has 0 bridgehead atoms. The number of aliphatic hydroxyl groups excluding tert-OH is 1. The Labute approximate surface area is 204 Å². The number of unbranched alkanes of at least 4 members (excludes halogenated alkanes) is 2. The van der Waals surface area contributed by atoms with Gasteiger partial charge in [0.15, 0.2) is 0 Å². The second kappa shape index (κ2) is 10.5. The van der Waals surface area contributed by atoms with E-state index in [2.05, 4.69) is 6.92 Å². The molecule has 1 atom stereocenters. The minimum Gasteiger partial charge on any atom is -0.507 e. The SMILES string of the molecule is CCCCCOc1ccc(/C(O)=C2/C(=O)C(=O)N(c3ccccc3OC)C2c2ccc(C)o2)cc1. The van der Waals surface area contributed by atoms with Crippen molar-refractivity contribution in [2.75, 3.05) is 18.6 Å². The van der Waals surface area contributed by atoms with E-state index in [0.717, 1.165) is 19.3 Å². The van der Waals surface area contributed by atoms with E-state index >= 15 is 0 Å². The van der Waals surface area contributed by atoms with Gasteiger partial charge in [-0.1, -0.05) is 31.9 Å². The first-order chi connectivity index (χ1) is 17.0. The highest BCUT2D eigenvalue weighted by Crippen LogP contribution is 2.45. The Hall–Kier alpha value is -4.00. The molecule has 0 saturated carbocycles. The Balaban J connectivity index is 1.76. The quantitative estimate of drug-likeness (QED) is 0.182. The highest BCUT2D eigenvalue weighted by molar-refractivity contribution is 6.51. The van der Waals surface area contributed by atoms with Crippen LogP contribution in [-0.2, 0) is 9.59 Å². The predicted molar refractivity (Wildman–Crippen MR) is 133 cm³/mol. The summed E-state index contributed by atoms with van der Waals surface area (Å²) in [6.07, 6.45) is 3.17. The number of carbonyl (C=O) groups excluding carboxylic acids is 2. The van der Waals surface area contributed by atoms with E-state index in [1.807, 2.05) is 0 Å². The topological polar surface area (TPSA) is 89.2 Å². The molecule has 0 spiro atoms. The number of carbonyl (C=O) groups is 2. The third-order valence-electron chi connectivity index (χ3n) is 5.96. The van der Waals surface area contributed by atoms with E-state index in [4.69, 9.17) is 13.9 Å². The van der Waals surface area contributed by atoms with Crippen molar-refractivity contribution < 1.29 is 28.6 Å². The van der Waals surface area contributed by atoms with Gasteiger partial charge in [-0.05, 0) is 61.9 Å². The van der Waals surface area contributed by atoms with Gasteiger partial charge in [-0.3, -0.25) is 14.5 Å². The number of benzene rings is 2. The molecule has 2 heterocycles. The number of hydrogen-bond acceptors (Lipinski definition) is 6. The van der Waals surface area contributed by atoms with Crippen molar-refractivity contribution in [3.05, 3.63) is 83.3 Å². The number of aryl methyl sites for hydroxylation is 1. The van der Waals surface area contributed by atoms with Gasteiger partial charge in [-0.25, -0.2) is 0 Å². The summed E-state index contributed by atoms with van der Waals surface area (Å²) >= 11 is 0. The van der Waals surface area contributed by atoms with Crippen LogP contribution in [0.15, 0.2) is 70.7 Å². The van der Waals surface area contributed by atoms with Gasteiger partial charge in [0.25, 0.3) is 11.7 Å². The van der Waals surface area contributed by atoms with Crippen molar-refractivity contribution in [2.24, 2.45) is 0 Å². The number of rotatable bonds is 9. The summed E-state index contributed by atoms with van der Waals surface area (Å²) in [7, 11) is 1.49. The van der Waals surface area contributed by atoms with Crippen molar-refractivity contribution in [3.8, 4) is 11.5 Å². The number of anilines is 1. The number of ketones is 1. The second-order valence-corrected chi connectivity index (χ2v) is 8.37. The van der Waals surface area contributed by atoms with Gasteiger partial charge < -0.3 is 19.0 Å². The van der Waals surface area contributed by atoms with Crippen LogP contribution >= 0.6 is 0 Å². The van der Waals surface area contributed by atoms with Gasteiger partial charge in [0, 0.05) is 5.56 Å². The van der Waals surface area contributed by atoms with E-state index in [1.54, 1.807) is 67.6 Å². The first-order valence-electron chi connectivity index (χ1n) is 11.7. The standard InChI is InChI=1S/C28H29NO6/c1-4-5-8-17-34-20-14-12-19(13-15-20)26(30)24-25(23-16-11-18(2)35-23)29(28(32)27(24)31)21-9-6-7-10-22(21)33-3/h6-7,9-16,25,30H,4-5,8,17H2,1-3H3/b26-24-. The third-order valence-corrected chi connectivity index (χ3v) is 5.96. The second-order valence-electron chi connectivity index (χ2n) is 8.37. The van der Waals surface area contributed by atoms with E-state index in [1.165, 1.54) is 12.0 Å². The number of ether oxygens (including phenoxy) is 2. The Bertz CT molecular complexity index is 1240. The molecule has 1 saturated heterocycles. The Kier molecular flexibility index (Phi) is 7.25. The number of Topliss-reactive ketones (excluding diaryl/α,β-unsaturated/α-hetero) is 1. The van der Waals surface area contributed by atoms with Crippen LogP contribution in [0.1, 0.15) is 49.3 Å². The van der Waals surface area contributed by atoms with E-state index in [0.29, 0.717) is 40.9 Å². The van der Waals surface area contributed by atoms with Crippen LogP contribution in [0.5, 0.6) is 11.5 Å². The van der Waals surface area contributed by atoms with E-state index in [9.17, 15) is 14.7 Å². The maximum atomic E-state index is 13.3. The molecule has 182 valence electrons. The smallest absolute Gasteiger partial charge is 0.300 e. The van der Waals surface area contributed by atoms with Gasteiger partial charge in [-0.15, -0.1) is 0 Å². The van der Waals surface area contributed by atoms with Crippen LogP contribution in [0.25, 0.3) is 5.76 Å². The first kappa shape index (κ1) is 24.1. The maximum Gasteiger partial charge on any atom is 0.300 e. The highest BCUT2D eigenvalue weighted by Gasteiger charge is 2.49. The largest absolute Gasteiger partial charge is 0.507 e. The normalized spacial score (nSPS) is 17.1. The monoisotopic (exact) mass is 475 g/mol. The van der Waals surface area contributed by atoms with Gasteiger partial charge in [0.05, 0.1) is 25.0 Å². The average Bonchev–Trinajstić information content (AvgIpc) is 3.42. The van der Waals surface area contributed by atoms with Gasteiger partial charge >= 0.3 is 0 Å². The van der Waals surface area contributed by atoms with E-state index in [-0.39, 0.29) is 11.3 Å². The molecule has 1 aliphatic rings. The number of hydrogen-bond donors (Lipinski definition) is 1. The summed E-state index contributed by atoms with van der Waals surface area (Å²) in [5.74, 6) is 0.230. The molecule has 7 nitrogen and oxygen atoms in total. The molecule has 1 fully saturated rings. The van der Waals surface area contributed by atoms with Crippen LogP contribution in [0.4, 0.5) is 5.69 Å². The third kappa shape index (κ3) is 4.80. The molecule has 35 heavy (non-hydrogen) atoms. The fourth-order valence-corrected chi connectivity index (χ4v) is 4.19. The van der Waals surface area contributed by atoms with Crippen molar-refractivity contribution in [1.29, 1.82) is 0 Å². The first-order valence-corrected chi connectivity index (χ1v) is 11.7. The lowest BCUT2D eigenvalue weighted by Crippen LogP contribution is -2.29. The van der Waals surface area contributed by atoms with Crippen molar-refractivity contribution >= 4 is 23.1 Å². The van der Waals surface area contributed by atoms with Crippen LogP contribution in [0, 0.1) is 6.92 Å². The van der Waals surface area contributed by atoms with Crippen molar-refractivity contribution in [3.63, 3.8) is 0 Å². The zero-order valence-electron chi connectivity index (χ0n) is 20.1. The van der Waals surface area contributed by atoms with Crippen molar-refractivity contribution in [2.45, 2.75) is 39.2 Å². The number of furan rings is 1. The lowest BCUT2D eigenvalue weighted by molar-refractivity contribution is -0.132. The summed E-state index contributed by atoms with van der Waals surface area (Å²) < 4.78 is 17.0. The zero-order valence-corrected chi connectivity index (χ0v) is 20.1. The summed E-state index contributed by atoms with van der Waals surface area (Å²) in [4.78, 5) is 27.8. The molecule has 1 aromatic heterocycles. The molecule has 4 rings (SSSR count). The Morgan fingerprint density at radius 1 is 1.03 bits per heavy atom. The fourth-order valence-electron chi connectivity index (χ4n) is 4.19. The van der Waals surface area contributed by atoms with Gasteiger partial charge in [0.1, 0.15) is 34.8 Å². The molecule has 3 aromatic rings. The summed E-state index contributed by atoms with van der Waals surface area (Å²) in [6, 6.07) is 16.2. The average molecular weight is 476 g/mol. The minimum absolute atomic E-state index is 0.0492. The maximum absolute atomic E-state index is 13.3. The molecular formula is C28H29NO6. The van der Waals surface area contributed by atoms with E-state index < -0.39 is 17.7 Å². The number of para-hydroxylation sites is 2. The minimum atomic E-state index is -0.954. The molecule has 0 radical (unpaired) electrons. The summed E-state index contributed by atoms with van der Waals surface area (Å²) in [5.41, 5.74) is 0.759. The highest BCUT2D eigenvalue weighted by atomic mass is 16.5. The van der Waals surface area contributed by atoms with Crippen LogP contribution in [0.2, 0.25) is 0 Å². The predicted octanol–water partition coefficient (Wildman–Crippen LogP) is 5.79. The van der Waals surface area contributed by atoms with Crippen molar-refractivity contribution in [1.82, 2.24) is 0 Å². The van der Waals surface area contributed by atoms with Crippen LogP contribution in [-0.4, -0.2) is 30.5 Å². The zero-order chi connectivity index (χ0) is 24.9.